The Labute approximate surface area is 124 Å². The first-order valence-electron chi connectivity index (χ1n) is 5.47. The van der Waals surface area contributed by atoms with Gasteiger partial charge in [0.1, 0.15) is 5.82 Å². The van der Waals surface area contributed by atoms with Gasteiger partial charge in [-0.15, -0.1) is 0 Å². The summed E-state index contributed by atoms with van der Waals surface area (Å²) in [5.74, 6) is -3.27. The van der Waals surface area contributed by atoms with Crippen LogP contribution in [0.5, 0.6) is 6.01 Å². The van der Waals surface area contributed by atoms with Gasteiger partial charge in [-0.05, 0) is 12.1 Å². The van der Waals surface area contributed by atoms with Crippen molar-refractivity contribution in [1.29, 1.82) is 0 Å². The maximum atomic E-state index is 13.8. The van der Waals surface area contributed by atoms with Gasteiger partial charge in [-0.3, -0.25) is 4.79 Å². The molecule has 2 aromatic rings. The summed E-state index contributed by atoms with van der Waals surface area (Å²) in [4.78, 5) is 14.7. The van der Waals surface area contributed by atoms with Crippen LogP contribution in [0.2, 0.25) is 5.02 Å². The van der Waals surface area contributed by atoms with E-state index in [1.165, 1.54) is 0 Å². The molecule has 0 aliphatic carbocycles. The smallest absolute Gasteiger partial charge is 0.436 e. The van der Waals surface area contributed by atoms with Gasteiger partial charge >= 0.3 is 12.2 Å². The number of rotatable bonds is 2. The molecule has 0 saturated heterocycles. The van der Waals surface area contributed by atoms with Crippen LogP contribution in [0.4, 0.5) is 22.0 Å². The Hall–Kier alpha value is -2.16. The van der Waals surface area contributed by atoms with Crippen molar-refractivity contribution in [3.8, 4) is 11.7 Å². The van der Waals surface area contributed by atoms with E-state index in [-0.39, 0.29) is 9.59 Å². The molecular weight excluding hydrogens is 335 g/mol. The Morgan fingerprint density at radius 3 is 2.50 bits per heavy atom. The van der Waals surface area contributed by atoms with Crippen LogP contribution in [0, 0.1) is 17.7 Å². The highest BCUT2D eigenvalue weighted by molar-refractivity contribution is 6.30. The molecule has 0 unspecified atom stereocenters. The van der Waals surface area contributed by atoms with Crippen molar-refractivity contribution in [2.75, 3.05) is 7.11 Å². The fraction of sp³-hybridized carbons (Fsp3) is 0.167. The Morgan fingerprint density at radius 1 is 1.36 bits per heavy atom. The molecule has 0 atom stereocenters. The number of hydrogen-bond acceptors (Lipinski definition) is 3. The molecule has 22 heavy (non-hydrogen) atoms. The average molecular weight is 340 g/mol. The minimum absolute atomic E-state index is 0.145. The van der Waals surface area contributed by atoms with E-state index in [1.54, 1.807) is 0 Å². The zero-order valence-corrected chi connectivity index (χ0v) is 11.4. The number of alkyl halides is 3. The van der Waals surface area contributed by atoms with Gasteiger partial charge in [-0.2, -0.15) is 22.5 Å². The van der Waals surface area contributed by atoms with Gasteiger partial charge in [0.15, 0.2) is 5.69 Å². The number of hydrogen-bond donors (Lipinski definition) is 0. The second-order valence-corrected chi connectivity index (χ2v) is 4.32. The summed E-state index contributed by atoms with van der Waals surface area (Å²) in [6.45, 7) is 0. The highest BCUT2D eigenvalue weighted by Crippen LogP contribution is 2.30. The first-order valence-corrected chi connectivity index (χ1v) is 5.85. The number of methoxy groups -OCH3 is 1. The summed E-state index contributed by atoms with van der Waals surface area (Å²) < 4.78 is 70.0. The Kier molecular flexibility index (Phi) is 4.10. The molecule has 10 heteroatoms. The molecule has 1 aromatic carbocycles. The first kappa shape index (κ1) is 16.2. The van der Waals surface area contributed by atoms with Gasteiger partial charge in [0.2, 0.25) is 5.82 Å². The second-order valence-electron chi connectivity index (χ2n) is 3.91. The van der Waals surface area contributed by atoms with Crippen LogP contribution in [0.1, 0.15) is 5.69 Å². The minimum Gasteiger partial charge on any atom is -0.468 e. The van der Waals surface area contributed by atoms with Crippen molar-refractivity contribution in [3.05, 3.63) is 50.9 Å². The molecule has 0 aliphatic rings. The van der Waals surface area contributed by atoms with Crippen LogP contribution in [-0.4, -0.2) is 16.7 Å². The zero-order chi connectivity index (χ0) is 16.7. The lowest BCUT2D eigenvalue weighted by molar-refractivity contribution is -0.144. The highest BCUT2D eigenvalue weighted by atomic mass is 35.5. The third-order valence-electron chi connectivity index (χ3n) is 2.53. The summed E-state index contributed by atoms with van der Waals surface area (Å²) in [5, 5.41) is -0.145. The Bertz CT molecular complexity index is 788. The molecule has 0 bridgehead atoms. The lowest BCUT2D eigenvalue weighted by Crippen LogP contribution is -2.29. The maximum absolute atomic E-state index is 13.8. The van der Waals surface area contributed by atoms with E-state index in [0.29, 0.717) is 0 Å². The average Bonchev–Trinajstić information content (AvgIpc) is 2.41. The minimum atomic E-state index is -5.21. The molecule has 1 aromatic heterocycles. The van der Waals surface area contributed by atoms with E-state index in [9.17, 15) is 26.7 Å². The van der Waals surface area contributed by atoms with Crippen LogP contribution in [-0.2, 0) is 6.18 Å². The summed E-state index contributed by atoms with van der Waals surface area (Å²) in [5.41, 5.74) is -4.43. The molecule has 1 heterocycles. The Morgan fingerprint density at radius 2 is 2.00 bits per heavy atom. The summed E-state index contributed by atoms with van der Waals surface area (Å²) in [6, 6.07) is 2.99. The number of benzene rings is 1. The van der Waals surface area contributed by atoms with Crippen LogP contribution in [0.3, 0.4) is 0 Å². The molecule has 0 aliphatic heterocycles. The van der Waals surface area contributed by atoms with Crippen molar-refractivity contribution < 1.29 is 26.7 Å². The van der Waals surface area contributed by atoms with Gasteiger partial charge in [-0.25, -0.2) is 8.96 Å². The lowest BCUT2D eigenvalue weighted by atomic mass is 10.3. The Balaban J connectivity index is 2.83. The van der Waals surface area contributed by atoms with Crippen molar-refractivity contribution >= 4 is 11.6 Å². The molecule has 0 amide bonds. The van der Waals surface area contributed by atoms with Gasteiger partial charge in [0, 0.05) is 6.07 Å². The van der Waals surface area contributed by atoms with Gasteiger partial charge in [0.05, 0.1) is 17.8 Å². The molecule has 1 radical (unpaired) electrons. The number of halogens is 6. The van der Waals surface area contributed by atoms with Crippen molar-refractivity contribution in [2.45, 2.75) is 6.18 Å². The largest absolute Gasteiger partial charge is 0.468 e. The lowest BCUT2D eigenvalue weighted by Gasteiger charge is -2.14. The summed E-state index contributed by atoms with van der Waals surface area (Å²) in [6.07, 6.45) is -5.21. The second kappa shape index (κ2) is 5.56. The number of nitrogens with zero attached hydrogens (tertiary/aromatic N) is 2. The van der Waals surface area contributed by atoms with Crippen molar-refractivity contribution in [1.82, 2.24) is 9.55 Å². The normalized spacial score (nSPS) is 11.6. The topological polar surface area (TPSA) is 44.1 Å². The van der Waals surface area contributed by atoms with E-state index in [1.807, 2.05) is 0 Å². The molecule has 0 fully saturated rings. The quantitative estimate of drug-likeness (QED) is 0.790. The predicted molar refractivity (Wildman–Crippen MR) is 65.2 cm³/mol. The van der Waals surface area contributed by atoms with E-state index in [2.05, 4.69) is 15.8 Å². The van der Waals surface area contributed by atoms with Gasteiger partial charge < -0.3 is 4.74 Å². The number of ether oxygens (including phenoxy) is 1. The molecule has 0 spiro atoms. The van der Waals surface area contributed by atoms with Gasteiger partial charge in [0.25, 0.3) is 5.56 Å². The molecule has 0 saturated carbocycles. The standard InChI is InChI=1S/C12H5ClF5N2O2/c1-22-11-19-9(12(16,17)18)8(15)10(21)20(11)7-3-2-5(13)4-6(7)14/h3-4H,1H3. The van der Waals surface area contributed by atoms with E-state index >= 15 is 0 Å². The van der Waals surface area contributed by atoms with Crippen molar-refractivity contribution in [2.24, 2.45) is 0 Å². The molecule has 0 N–H and O–H groups in total. The van der Waals surface area contributed by atoms with Crippen LogP contribution in [0.15, 0.2) is 16.9 Å². The predicted octanol–water partition coefficient (Wildman–Crippen LogP) is 2.99. The first-order chi connectivity index (χ1) is 10.2. The zero-order valence-electron chi connectivity index (χ0n) is 10.6. The summed E-state index contributed by atoms with van der Waals surface area (Å²) in [7, 11) is 0.897. The van der Waals surface area contributed by atoms with Crippen LogP contribution >= 0.6 is 11.6 Å². The maximum Gasteiger partial charge on any atom is 0.436 e. The molecule has 117 valence electrons. The summed E-state index contributed by atoms with van der Waals surface area (Å²) >= 11 is 5.48. The van der Waals surface area contributed by atoms with Gasteiger partial charge in [-0.1, -0.05) is 11.6 Å². The molecule has 2 rings (SSSR count). The molecule has 4 nitrogen and oxygen atoms in total. The fourth-order valence-electron chi connectivity index (χ4n) is 1.62. The van der Waals surface area contributed by atoms with Crippen LogP contribution in [0.25, 0.3) is 5.69 Å². The highest BCUT2D eigenvalue weighted by Gasteiger charge is 2.39. The van der Waals surface area contributed by atoms with E-state index in [4.69, 9.17) is 11.6 Å². The van der Waals surface area contributed by atoms with Crippen LogP contribution < -0.4 is 10.3 Å². The molecular formula is C12H5ClF5N2O2. The van der Waals surface area contributed by atoms with Crippen molar-refractivity contribution in [3.63, 3.8) is 0 Å². The third-order valence-corrected chi connectivity index (χ3v) is 2.75. The number of aromatic nitrogens is 2. The van der Waals surface area contributed by atoms with E-state index in [0.717, 1.165) is 19.2 Å². The fourth-order valence-corrected chi connectivity index (χ4v) is 1.77. The third kappa shape index (κ3) is 2.76. The SMILES string of the molecule is COc1nc(C(F)(F)F)c(F)c(=O)n1-c1c[c]c(Cl)cc1F. The monoisotopic (exact) mass is 339 g/mol. The van der Waals surface area contributed by atoms with E-state index < -0.39 is 40.8 Å².